The first kappa shape index (κ1) is 30.3. The van der Waals surface area contributed by atoms with Gasteiger partial charge in [0.05, 0.1) is 30.5 Å². The number of carbonyl (C=O) groups is 2. The number of hydrogen-bond acceptors (Lipinski definition) is 10. The molecule has 3 heterocycles. The number of hydrogen-bond donors (Lipinski definition) is 4. The Morgan fingerprint density at radius 1 is 1.29 bits per heavy atom. The second kappa shape index (κ2) is 13.3. The zero-order valence-corrected chi connectivity index (χ0v) is 23.2. The van der Waals surface area contributed by atoms with Crippen molar-refractivity contribution in [3.8, 4) is 23.3 Å². The lowest BCUT2D eigenvalue weighted by atomic mass is 10.1. The summed E-state index contributed by atoms with van der Waals surface area (Å²) in [4.78, 5) is 33.0. The lowest BCUT2D eigenvalue weighted by molar-refractivity contribution is -0.286. The summed E-state index contributed by atoms with van der Waals surface area (Å²) in [5.74, 6) is -1.73. The Bertz CT molecular complexity index is 1400. The van der Waals surface area contributed by atoms with Gasteiger partial charge < -0.3 is 40.2 Å². The Hall–Kier alpha value is -4.64. The van der Waals surface area contributed by atoms with Crippen molar-refractivity contribution < 1.29 is 37.7 Å². The molecule has 14 heteroatoms. The number of allylic oxidation sites excluding steroid dienone is 1. The molecule has 2 aliphatic heterocycles. The first-order valence-electron chi connectivity index (χ1n) is 13.4. The number of methoxy groups -OCH3 is 1. The first-order chi connectivity index (χ1) is 20.2. The van der Waals surface area contributed by atoms with Crippen molar-refractivity contribution in [2.24, 2.45) is 0 Å². The minimum absolute atomic E-state index is 0.0296. The number of aliphatic hydroxyl groups is 1. The Morgan fingerprint density at radius 2 is 2.05 bits per heavy atom. The summed E-state index contributed by atoms with van der Waals surface area (Å²) in [5.41, 5.74) is 0.805. The van der Waals surface area contributed by atoms with Gasteiger partial charge in [0.15, 0.2) is 11.5 Å². The Morgan fingerprint density at radius 3 is 2.71 bits per heavy atom. The number of amides is 2. The highest BCUT2D eigenvalue weighted by Crippen LogP contribution is 2.44. The number of fused-ring (bicyclic) bond motifs is 1. The molecule has 4 rings (SSSR count). The van der Waals surface area contributed by atoms with Crippen molar-refractivity contribution in [3.63, 3.8) is 0 Å². The molecule has 1 aromatic heterocycles. The summed E-state index contributed by atoms with van der Waals surface area (Å²) >= 11 is 0. The molecule has 1 unspecified atom stereocenters. The van der Waals surface area contributed by atoms with Gasteiger partial charge in [-0.05, 0) is 31.9 Å². The second-order valence-corrected chi connectivity index (χ2v) is 9.57. The van der Waals surface area contributed by atoms with E-state index in [1.54, 1.807) is 0 Å². The van der Waals surface area contributed by atoms with E-state index in [1.807, 2.05) is 19.1 Å². The van der Waals surface area contributed by atoms with E-state index in [0.29, 0.717) is 32.4 Å². The topological polar surface area (TPSA) is 158 Å². The maximum absolute atomic E-state index is 13.8. The van der Waals surface area contributed by atoms with Crippen LogP contribution in [0, 0.1) is 11.3 Å². The number of unbranched alkanes of at least 4 members (excludes halogenated alkanes) is 1. The van der Waals surface area contributed by atoms with E-state index in [9.17, 15) is 23.5 Å². The number of nitrogens with one attached hydrogen (secondary N) is 3. The molecule has 2 aliphatic rings. The summed E-state index contributed by atoms with van der Waals surface area (Å²) < 4.78 is 42.0. The maximum atomic E-state index is 13.8. The van der Waals surface area contributed by atoms with Gasteiger partial charge in [0.2, 0.25) is 0 Å². The molecule has 12 nitrogen and oxygen atoms in total. The third kappa shape index (κ3) is 7.16. The number of halogens is 2. The standard InChI is InChI=1S/C28H32F2N6O6/c1-3-17(36-13-8-18(37)16-36)6-11-32-25-24(21(40-2)7-12-33-25)27(39)35-20-15-23-22(41-28(29,30)42-23)14-19(20)26(38)34-10-5-4-9-31/h3,7,12,14-15,18,37H,4-6,8,10-11,13,16H2,1-2H3,(H,32,33)(H,34,38)(H,35,39)/b17-3+. The molecular formula is C28H32F2N6O6. The summed E-state index contributed by atoms with van der Waals surface area (Å²) in [5, 5.41) is 27.0. The SMILES string of the molecule is C/C=C(\CCNc1nccc(OC)c1C(=O)Nc1cc2c(cc1C(=O)NCCCC#N)OC(F)(F)O2)N1CCC(O)C1. The van der Waals surface area contributed by atoms with Crippen LogP contribution in [0.25, 0.3) is 0 Å². The van der Waals surface area contributed by atoms with E-state index in [4.69, 9.17) is 10.00 Å². The van der Waals surface area contributed by atoms with Crippen LogP contribution < -0.4 is 30.2 Å². The number of anilines is 2. The summed E-state index contributed by atoms with van der Waals surface area (Å²) in [6, 6.07) is 5.60. The highest BCUT2D eigenvalue weighted by atomic mass is 19.3. The molecule has 0 radical (unpaired) electrons. The zero-order valence-electron chi connectivity index (χ0n) is 23.2. The predicted molar refractivity (Wildman–Crippen MR) is 148 cm³/mol. The van der Waals surface area contributed by atoms with E-state index in [2.05, 4.69) is 35.3 Å². The molecule has 4 N–H and O–H groups in total. The van der Waals surface area contributed by atoms with Crippen molar-refractivity contribution >= 4 is 23.3 Å². The monoisotopic (exact) mass is 586 g/mol. The molecular weight excluding hydrogens is 554 g/mol. The van der Waals surface area contributed by atoms with Crippen LogP contribution in [0.4, 0.5) is 20.3 Å². The van der Waals surface area contributed by atoms with Gasteiger partial charge in [0.25, 0.3) is 11.8 Å². The molecule has 0 spiro atoms. The fourth-order valence-corrected chi connectivity index (χ4v) is 4.70. The van der Waals surface area contributed by atoms with Crippen molar-refractivity contribution in [1.82, 2.24) is 15.2 Å². The number of ether oxygens (including phenoxy) is 3. The van der Waals surface area contributed by atoms with Crippen LogP contribution in [0.1, 0.15) is 53.3 Å². The number of rotatable bonds is 12. The van der Waals surface area contributed by atoms with E-state index < -0.39 is 18.1 Å². The van der Waals surface area contributed by atoms with Crippen LogP contribution >= 0.6 is 0 Å². The number of carbonyl (C=O) groups excluding carboxylic acids is 2. The number of pyridine rings is 1. The van der Waals surface area contributed by atoms with Gasteiger partial charge in [0.1, 0.15) is 17.1 Å². The maximum Gasteiger partial charge on any atom is 0.586 e. The molecule has 0 bridgehead atoms. The number of nitriles is 1. The van der Waals surface area contributed by atoms with Crippen molar-refractivity contribution in [2.75, 3.05) is 43.9 Å². The van der Waals surface area contributed by atoms with Gasteiger partial charge in [-0.3, -0.25) is 9.59 Å². The number of alkyl halides is 2. The third-order valence-electron chi connectivity index (χ3n) is 6.72. The van der Waals surface area contributed by atoms with Gasteiger partial charge in [-0.2, -0.15) is 5.26 Å². The number of aliphatic hydroxyl groups excluding tert-OH is 1. The summed E-state index contributed by atoms with van der Waals surface area (Å²) in [6.45, 7) is 3.78. The van der Waals surface area contributed by atoms with Crippen molar-refractivity contribution in [2.45, 2.75) is 45.0 Å². The highest BCUT2D eigenvalue weighted by molar-refractivity contribution is 6.12. The molecule has 1 fully saturated rings. The Labute approximate surface area is 241 Å². The second-order valence-electron chi connectivity index (χ2n) is 9.57. The van der Waals surface area contributed by atoms with E-state index in [1.165, 1.54) is 19.4 Å². The Balaban J connectivity index is 1.56. The average Bonchev–Trinajstić information content (AvgIpc) is 3.52. The Kier molecular flexibility index (Phi) is 9.64. The third-order valence-corrected chi connectivity index (χ3v) is 6.72. The molecule has 0 aliphatic carbocycles. The van der Waals surface area contributed by atoms with Crippen LogP contribution in [0.3, 0.4) is 0 Å². The van der Waals surface area contributed by atoms with E-state index in [0.717, 1.165) is 24.4 Å². The van der Waals surface area contributed by atoms with Gasteiger partial charge >= 0.3 is 6.29 Å². The predicted octanol–water partition coefficient (Wildman–Crippen LogP) is 3.47. The largest absolute Gasteiger partial charge is 0.586 e. The lowest BCUT2D eigenvalue weighted by Crippen LogP contribution is -2.26. The number of β-amino-alcohol motifs (C(OH)–C–C–N with tert-alkyl or cyclic N) is 1. The minimum atomic E-state index is -3.94. The average molecular weight is 587 g/mol. The van der Waals surface area contributed by atoms with Crippen molar-refractivity contribution in [1.29, 1.82) is 5.26 Å². The summed E-state index contributed by atoms with van der Waals surface area (Å²) in [6.07, 6.45) is 1.02. The van der Waals surface area contributed by atoms with Crippen LogP contribution in [-0.2, 0) is 0 Å². The first-order valence-corrected chi connectivity index (χ1v) is 13.4. The quantitative estimate of drug-likeness (QED) is 0.272. The van der Waals surface area contributed by atoms with Gasteiger partial charge in [-0.25, -0.2) is 4.98 Å². The summed E-state index contributed by atoms with van der Waals surface area (Å²) in [7, 11) is 1.38. The molecule has 1 atom stereocenters. The molecule has 1 aromatic carbocycles. The normalized spacial score (nSPS) is 17.0. The van der Waals surface area contributed by atoms with Gasteiger partial charge in [-0.1, -0.05) is 6.08 Å². The molecule has 42 heavy (non-hydrogen) atoms. The smallest absolute Gasteiger partial charge is 0.496 e. The molecule has 224 valence electrons. The van der Waals surface area contributed by atoms with E-state index in [-0.39, 0.29) is 59.0 Å². The number of likely N-dealkylation sites (tertiary alicyclic amines) is 1. The highest BCUT2D eigenvalue weighted by Gasteiger charge is 2.44. The minimum Gasteiger partial charge on any atom is -0.496 e. The molecule has 2 aromatic rings. The number of aromatic nitrogens is 1. The molecule has 0 saturated carbocycles. The fraction of sp³-hybridized carbons (Fsp3) is 0.429. The van der Waals surface area contributed by atoms with Crippen LogP contribution in [0.5, 0.6) is 17.2 Å². The number of nitrogens with zero attached hydrogens (tertiary/aromatic N) is 3. The van der Waals surface area contributed by atoms with Crippen molar-refractivity contribution in [3.05, 3.63) is 47.3 Å². The van der Waals surface area contributed by atoms with Crippen LogP contribution in [-0.4, -0.2) is 72.5 Å². The van der Waals surface area contributed by atoms with Crippen LogP contribution in [0.15, 0.2) is 36.2 Å². The number of benzene rings is 1. The zero-order chi connectivity index (χ0) is 30.3. The molecule has 1 saturated heterocycles. The van der Waals surface area contributed by atoms with E-state index >= 15 is 0 Å². The lowest BCUT2D eigenvalue weighted by Gasteiger charge is -2.22. The van der Waals surface area contributed by atoms with Crippen LogP contribution in [0.2, 0.25) is 0 Å². The van der Waals surface area contributed by atoms with Gasteiger partial charge in [0, 0.05) is 57.0 Å². The van der Waals surface area contributed by atoms with Gasteiger partial charge in [-0.15, -0.1) is 8.78 Å². The fourth-order valence-electron chi connectivity index (χ4n) is 4.70. The molecule has 2 amide bonds.